The maximum absolute atomic E-state index is 11.1. The summed E-state index contributed by atoms with van der Waals surface area (Å²) >= 11 is 5.06. The Hall–Kier alpha value is -0.740. The highest BCUT2D eigenvalue weighted by Gasteiger charge is 2.01. The molecule has 2 nitrogen and oxygen atoms in total. The normalized spacial score (nSPS) is 11.3. The van der Waals surface area contributed by atoms with Crippen molar-refractivity contribution in [3.05, 3.63) is 40.4 Å². The van der Waals surface area contributed by atoms with Gasteiger partial charge >= 0.3 is 5.97 Å². The molecule has 0 N–H and O–H groups in total. The van der Waals surface area contributed by atoms with Crippen molar-refractivity contribution in [2.45, 2.75) is 11.8 Å². The van der Waals surface area contributed by atoms with Crippen LogP contribution in [0.1, 0.15) is 6.92 Å². The molecule has 0 aliphatic rings. The average molecular weight is 301 g/mol. The van der Waals surface area contributed by atoms with E-state index >= 15 is 0 Å². The molecule has 1 aromatic rings. The number of carbonyl (C=O) groups excluding carboxylic acids is 1. The number of hydrogen-bond acceptors (Lipinski definition) is 3. The molecule has 0 fully saturated rings. The average Bonchev–Trinajstić information content (AvgIpc) is 2.30. The van der Waals surface area contributed by atoms with Gasteiger partial charge in [-0.3, -0.25) is 0 Å². The van der Waals surface area contributed by atoms with Crippen LogP contribution in [0.3, 0.4) is 0 Å². The molecular formula is C12H13BrO2S. The zero-order valence-corrected chi connectivity index (χ0v) is 11.6. The van der Waals surface area contributed by atoms with E-state index in [9.17, 15) is 4.79 Å². The first-order valence-corrected chi connectivity index (χ1v) is 6.55. The molecule has 0 saturated carbocycles. The van der Waals surface area contributed by atoms with Gasteiger partial charge in [0.15, 0.2) is 0 Å². The highest BCUT2D eigenvalue weighted by Crippen LogP contribution is 2.20. The molecule has 1 aromatic carbocycles. The van der Waals surface area contributed by atoms with Gasteiger partial charge in [-0.05, 0) is 31.2 Å². The number of rotatable bonds is 4. The largest absolute Gasteiger partial charge is 0.466 e. The van der Waals surface area contributed by atoms with E-state index in [1.54, 1.807) is 18.7 Å². The minimum Gasteiger partial charge on any atom is -0.466 e. The third-order valence-corrected chi connectivity index (χ3v) is 3.43. The van der Waals surface area contributed by atoms with E-state index in [0.717, 1.165) is 10.2 Å². The highest BCUT2D eigenvalue weighted by molar-refractivity contribution is 9.10. The van der Waals surface area contributed by atoms with Gasteiger partial charge in [0, 0.05) is 20.7 Å². The topological polar surface area (TPSA) is 26.3 Å². The molecule has 0 radical (unpaired) electrons. The Kier molecular flexibility index (Phi) is 5.63. The maximum Gasteiger partial charge on any atom is 0.333 e. The predicted octanol–water partition coefficient (Wildman–Crippen LogP) is 3.66. The second kappa shape index (κ2) is 6.76. The van der Waals surface area contributed by atoms with Gasteiger partial charge in [0.1, 0.15) is 0 Å². The molecule has 0 saturated heterocycles. The molecule has 0 bridgehead atoms. The van der Waals surface area contributed by atoms with E-state index in [1.165, 1.54) is 12.0 Å². The number of methoxy groups -OCH3 is 1. The highest BCUT2D eigenvalue weighted by atomic mass is 79.9. The first-order valence-electron chi connectivity index (χ1n) is 4.77. The van der Waals surface area contributed by atoms with E-state index in [2.05, 4.69) is 20.7 Å². The van der Waals surface area contributed by atoms with Crippen molar-refractivity contribution >= 4 is 33.7 Å². The van der Waals surface area contributed by atoms with Gasteiger partial charge in [-0.15, -0.1) is 11.8 Å². The summed E-state index contributed by atoms with van der Waals surface area (Å²) < 4.78 is 5.68. The molecule has 1 rings (SSSR count). The number of benzene rings is 1. The predicted molar refractivity (Wildman–Crippen MR) is 70.6 cm³/mol. The number of esters is 1. The van der Waals surface area contributed by atoms with Crippen LogP contribution in [0.4, 0.5) is 0 Å². The number of ether oxygens (including phenoxy) is 1. The Morgan fingerprint density at radius 3 is 2.62 bits per heavy atom. The zero-order valence-electron chi connectivity index (χ0n) is 9.20. The lowest BCUT2D eigenvalue weighted by atomic mass is 10.3. The fourth-order valence-corrected chi connectivity index (χ4v) is 2.16. The van der Waals surface area contributed by atoms with Crippen molar-refractivity contribution in [2.75, 3.05) is 12.9 Å². The maximum atomic E-state index is 11.1. The van der Waals surface area contributed by atoms with E-state index < -0.39 is 0 Å². The van der Waals surface area contributed by atoms with Gasteiger partial charge in [0.2, 0.25) is 0 Å². The molecular weight excluding hydrogens is 288 g/mol. The first kappa shape index (κ1) is 13.3. The Morgan fingerprint density at radius 2 is 2.06 bits per heavy atom. The summed E-state index contributed by atoms with van der Waals surface area (Å²) in [5, 5.41) is 0. The lowest BCUT2D eigenvalue weighted by Gasteiger charge is -2.00. The second-order valence-electron chi connectivity index (χ2n) is 3.14. The van der Waals surface area contributed by atoms with Crippen LogP contribution in [-0.2, 0) is 9.53 Å². The Balaban J connectivity index is 2.46. The summed E-state index contributed by atoms with van der Waals surface area (Å²) in [6.45, 7) is 1.76. The zero-order chi connectivity index (χ0) is 12.0. The summed E-state index contributed by atoms with van der Waals surface area (Å²) in [5.74, 6) is 0.499. The number of carbonyl (C=O) groups is 1. The van der Waals surface area contributed by atoms with Gasteiger partial charge in [0.05, 0.1) is 7.11 Å². The number of halogens is 1. The third kappa shape index (κ3) is 4.41. The van der Waals surface area contributed by atoms with Crippen LogP contribution in [0.15, 0.2) is 45.3 Å². The summed E-state index contributed by atoms with van der Waals surface area (Å²) in [5.41, 5.74) is 0.645. The Labute approximate surface area is 108 Å². The lowest BCUT2D eigenvalue weighted by Crippen LogP contribution is -2.01. The van der Waals surface area contributed by atoms with Gasteiger partial charge in [0.25, 0.3) is 0 Å². The van der Waals surface area contributed by atoms with E-state index in [-0.39, 0.29) is 5.97 Å². The fraction of sp³-hybridized carbons (Fsp3) is 0.250. The molecule has 0 spiro atoms. The van der Waals surface area contributed by atoms with E-state index in [4.69, 9.17) is 0 Å². The van der Waals surface area contributed by atoms with Gasteiger partial charge < -0.3 is 4.74 Å². The quantitative estimate of drug-likeness (QED) is 0.482. The second-order valence-corrected chi connectivity index (χ2v) is 5.15. The monoisotopic (exact) mass is 300 g/mol. The Bertz CT molecular complexity index is 385. The van der Waals surface area contributed by atoms with Crippen molar-refractivity contribution in [3.8, 4) is 0 Å². The fourth-order valence-electron chi connectivity index (χ4n) is 1.04. The van der Waals surface area contributed by atoms with E-state index in [0.29, 0.717) is 5.57 Å². The number of hydrogen-bond donors (Lipinski definition) is 0. The van der Waals surface area contributed by atoms with Crippen molar-refractivity contribution in [1.29, 1.82) is 0 Å². The van der Waals surface area contributed by atoms with Crippen LogP contribution in [0.25, 0.3) is 0 Å². The molecule has 86 valence electrons. The molecule has 0 amide bonds. The van der Waals surface area contributed by atoms with Crippen LogP contribution in [0, 0.1) is 0 Å². The summed E-state index contributed by atoms with van der Waals surface area (Å²) in [7, 11) is 1.39. The molecule has 0 aliphatic heterocycles. The third-order valence-electron chi connectivity index (χ3n) is 1.96. The van der Waals surface area contributed by atoms with Crippen LogP contribution >= 0.6 is 27.7 Å². The lowest BCUT2D eigenvalue weighted by molar-refractivity contribution is -0.136. The standard InChI is InChI=1S/C12H13BrO2S/c1-9(12(14)15-2)7-8-16-11-5-3-10(13)4-6-11/h3-7H,8H2,1-2H3. The van der Waals surface area contributed by atoms with Crippen LogP contribution < -0.4 is 0 Å². The van der Waals surface area contributed by atoms with Crippen molar-refractivity contribution in [2.24, 2.45) is 0 Å². The van der Waals surface area contributed by atoms with E-state index in [1.807, 2.05) is 30.3 Å². The molecule has 16 heavy (non-hydrogen) atoms. The summed E-state index contributed by atoms with van der Waals surface area (Å²) in [6.07, 6.45) is 1.87. The van der Waals surface area contributed by atoms with Gasteiger partial charge in [-0.2, -0.15) is 0 Å². The van der Waals surface area contributed by atoms with Crippen LogP contribution in [0.5, 0.6) is 0 Å². The SMILES string of the molecule is COC(=O)C(C)=CCSc1ccc(Br)cc1. The molecule has 0 aliphatic carbocycles. The van der Waals surface area contributed by atoms with Crippen LogP contribution in [0.2, 0.25) is 0 Å². The summed E-state index contributed by atoms with van der Waals surface area (Å²) in [6, 6.07) is 8.07. The van der Waals surface area contributed by atoms with Crippen molar-refractivity contribution < 1.29 is 9.53 Å². The van der Waals surface area contributed by atoms with Gasteiger partial charge in [-0.1, -0.05) is 22.0 Å². The molecule has 4 heteroatoms. The molecule has 0 unspecified atom stereocenters. The Morgan fingerprint density at radius 1 is 1.44 bits per heavy atom. The van der Waals surface area contributed by atoms with Crippen molar-refractivity contribution in [3.63, 3.8) is 0 Å². The smallest absolute Gasteiger partial charge is 0.333 e. The minimum absolute atomic E-state index is 0.267. The van der Waals surface area contributed by atoms with Gasteiger partial charge in [-0.25, -0.2) is 4.79 Å². The first-order chi connectivity index (χ1) is 7.63. The molecule has 0 aromatic heterocycles. The molecule has 0 atom stereocenters. The van der Waals surface area contributed by atoms with Crippen molar-refractivity contribution in [1.82, 2.24) is 0 Å². The minimum atomic E-state index is -0.267. The number of thioether (sulfide) groups is 1. The molecule has 0 heterocycles. The van der Waals surface area contributed by atoms with Crippen LogP contribution in [-0.4, -0.2) is 18.8 Å². The summed E-state index contributed by atoms with van der Waals surface area (Å²) in [4.78, 5) is 12.3.